The number of aromatic nitrogens is 2. The largest absolute Gasteiger partial charge is 0.369 e. The molecule has 21 heavy (non-hydrogen) atoms. The average molecular weight is 291 g/mol. The average Bonchev–Trinajstić information content (AvgIpc) is 2.45. The summed E-state index contributed by atoms with van der Waals surface area (Å²) < 4.78 is 0. The first-order valence-electron chi connectivity index (χ1n) is 6.91. The van der Waals surface area contributed by atoms with Crippen molar-refractivity contribution in [3.63, 3.8) is 0 Å². The molecule has 1 fully saturated rings. The quantitative estimate of drug-likeness (QED) is 0.227. The summed E-state index contributed by atoms with van der Waals surface area (Å²) in [5, 5.41) is 0. The highest BCUT2D eigenvalue weighted by Gasteiger charge is 2.26. The van der Waals surface area contributed by atoms with E-state index in [9.17, 15) is 4.79 Å². The van der Waals surface area contributed by atoms with Gasteiger partial charge in [-0.1, -0.05) is 0 Å². The van der Waals surface area contributed by atoms with Gasteiger partial charge in [-0.3, -0.25) is 10.2 Å². The molecular formula is C13H21N7O. The molecule has 1 saturated heterocycles. The molecule has 8 heteroatoms. The zero-order valence-corrected chi connectivity index (χ0v) is 12.3. The fraction of sp³-hybridized carbons (Fsp3) is 0.538. The number of hydrogen-bond donors (Lipinski definition) is 3. The van der Waals surface area contributed by atoms with Gasteiger partial charge in [0.1, 0.15) is 0 Å². The molecule has 1 aromatic rings. The molecule has 5 N–H and O–H groups in total. The molecule has 1 aromatic heterocycles. The molecule has 1 amide bonds. The Morgan fingerprint density at radius 2 is 2.10 bits per heavy atom. The molecule has 1 aliphatic rings. The van der Waals surface area contributed by atoms with Crippen LogP contribution in [-0.4, -0.2) is 39.8 Å². The van der Waals surface area contributed by atoms with Crippen molar-refractivity contribution in [2.24, 2.45) is 22.5 Å². The Morgan fingerprint density at radius 1 is 1.43 bits per heavy atom. The van der Waals surface area contributed by atoms with E-state index in [2.05, 4.69) is 20.4 Å². The van der Waals surface area contributed by atoms with Crippen molar-refractivity contribution < 1.29 is 4.79 Å². The molecule has 1 unspecified atom stereocenters. The number of nitrogens with one attached hydrogen (secondary N) is 1. The van der Waals surface area contributed by atoms with Crippen LogP contribution in [0.25, 0.3) is 0 Å². The van der Waals surface area contributed by atoms with E-state index in [-0.39, 0.29) is 11.8 Å². The number of hydrogen-bond acceptors (Lipinski definition) is 5. The molecule has 8 nitrogen and oxygen atoms in total. The maximum atomic E-state index is 11.6. The van der Waals surface area contributed by atoms with Gasteiger partial charge in [0.2, 0.25) is 5.91 Å². The third-order valence-electron chi connectivity index (χ3n) is 3.44. The number of likely N-dealkylation sites (tertiary alicyclic amines) is 1. The highest BCUT2D eigenvalue weighted by molar-refractivity contribution is 5.82. The second kappa shape index (κ2) is 6.49. The summed E-state index contributed by atoms with van der Waals surface area (Å²) in [7, 11) is 0. The Morgan fingerprint density at radius 3 is 2.71 bits per heavy atom. The maximum Gasteiger partial charge on any atom is 0.253 e. The van der Waals surface area contributed by atoms with Gasteiger partial charge in [0, 0.05) is 24.5 Å². The van der Waals surface area contributed by atoms with Crippen molar-refractivity contribution in [3.05, 3.63) is 17.5 Å². The molecule has 1 aliphatic heterocycles. The van der Waals surface area contributed by atoms with Gasteiger partial charge >= 0.3 is 0 Å². The lowest BCUT2D eigenvalue weighted by Crippen LogP contribution is -2.49. The molecule has 1 atom stereocenters. The van der Waals surface area contributed by atoms with Gasteiger partial charge in [-0.05, 0) is 32.8 Å². The van der Waals surface area contributed by atoms with Crippen molar-refractivity contribution in [3.8, 4) is 0 Å². The Kier molecular flexibility index (Phi) is 4.69. The van der Waals surface area contributed by atoms with Gasteiger partial charge in [-0.25, -0.2) is 15.8 Å². The minimum Gasteiger partial charge on any atom is -0.369 e. The Hall–Kier alpha value is -2.22. The monoisotopic (exact) mass is 291 g/mol. The summed E-state index contributed by atoms with van der Waals surface area (Å²) >= 11 is 0. The Bertz CT molecular complexity index is 537. The lowest BCUT2D eigenvalue weighted by Gasteiger charge is -2.32. The standard InChI is InChI=1S/C13H21N7O/c1-8-6-9(2)17-13(16-8)18-12(14)20-5-3-4-10(7-20)11(21)19-15/h6,10H,3-5,7,15H2,1-2H3,(H,19,21)(H2,14,16,17,18). The third kappa shape index (κ3) is 3.88. The first-order chi connectivity index (χ1) is 9.99. The molecule has 0 saturated carbocycles. The van der Waals surface area contributed by atoms with Gasteiger partial charge in [0.15, 0.2) is 5.96 Å². The van der Waals surface area contributed by atoms with Crippen LogP contribution in [0.3, 0.4) is 0 Å². The smallest absolute Gasteiger partial charge is 0.253 e. The van der Waals surface area contributed by atoms with Crippen LogP contribution in [0.1, 0.15) is 24.2 Å². The van der Waals surface area contributed by atoms with Crippen molar-refractivity contribution in [1.29, 1.82) is 0 Å². The molecule has 0 spiro atoms. The van der Waals surface area contributed by atoms with Gasteiger partial charge in [0.05, 0.1) is 5.92 Å². The Labute approximate surface area is 123 Å². The third-order valence-corrected chi connectivity index (χ3v) is 3.44. The minimum absolute atomic E-state index is 0.169. The number of guanidine groups is 1. The number of carbonyl (C=O) groups excluding carboxylic acids is 1. The SMILES string of the molecule is Cc1cc(C)nc(N=C(N)N2CCCC(C(=O)NN)C2)n1. The second-order valence-electron chi connectivity index (χ2n) is 5.21. The first-order valence-corrected chi connectivity index (χ1v) is 6.91. The molecule has 0 aliphatic carbocycles. The minimum atomic E-state index is -0.171. The van der Waals surface area contributed by atoms with Gasteiger partial charge in [-0.2, -0.15) is 4.99 Å². The summed E-state index contributed by atoms with van der Waals surface area (Å²) in [6.45, 7) is 5.02. The summed E-state index contributed by atoms with van der Waals surface area (Å²) in [4.78, 5) is 26.2. The first kappa shape index (κ1) is 15.2. The van der Waals surface area contributed by atoms with E-state index in [4.69, 9.17) is 11.6 Å². The number of piperidine rings is 1. The Balaban J connectivity index is 2.12. The summed E-state index contributed by atoms with van der Waals surface area (Å²) in [5.74, 6) is 5.51. The molecule has 0 radical (unpaired) electrons. The second-order valence-corrected chi connectivity index (χ2v) is 5.21. The number of aliphatic imine (C=N–C) groups is 1. The molecule has 114 valence electrons. The van der Waals surface area contributed by atoms with Crippen LogP contribution in [0.15, 0.2) is 11.1 Å². The van der Waals surface area contributed by atoms with Crippen molar-refractivity contribution in [2.75, 3.05) is 13.1 Å². The van der Waals surface area contributed by atoms with Crippen LogP contribution in [0.5, 0.6) is 0 Å². The normalized spacial score (nSPS) is 19.5. The van der Waals surface area contributed by atoms with Gasteiger partial charge in [-0.15, -0.1) is 0 Å². The lowest BCUT2D eigenvalue weighted by atomic mass is 9.98. The molecule has 0 aromatic carbocycles. The van der Waals surface area contributed by atoms with E-state index in [0.29, 0.717) is 18.5 Å². The predicted molar refractivity (Wildman–Crippen MR) is 79.4 cm³/mol. The van der Waals surface area contributed by atoms with Crippen molar-refractivity contribution in [2.45, 2.75) is 26.7 Å². The van der Waals surface area contributed by atoms with Crippen LogP contribution >= 0.6 is 0 Å². The number of amides is 1. The zero-order valence-electron chi connectivity index (χ0n) is 12.3. The topological polar surface area (TPSA) is 123 Å². The van der Waals surface area contributed by atoms with E-state index in [1.165, 1.54) is 0 Å². The highest BCUT2D eigenvalue weighted by Crippen LogP contribution is 2.17. The summed E-state index contributed by atoms with van der Waals surface area (Å²) in [5.41, 5.74) is 9.89. The van der Waals surface area contributed by atoms with E-state index >= 15 is 0 Å². The van der Waals surface area contributed by atoms with Gasteiger partial charge < -0.3 is 10.6 Å². The van der Waals surface area contributed by atoms with Crippen molar-refractivity contribution >= 4 is 17.8 Å². The summed E-state index contributed by atoms with van der Waals surface area (Å²) in [6.07, 6.45) is 1.66. The fourth-order valence-corrected chi connectivity index (χ4v) is 2.45. The van der Waals surface area contributed by atoms with Crippen LogP contribution in [0.2, 0.25) is 0 Å². The molecule has 2 rings (SSSR count). The van der Waals surface area contributed by atoms with Crippen LogP contribution in [0, 0.1) is 19.8 Å². The predicted octanol–water partition coefficient (Wildman–Crippen LogP) is -0.258. The van der Waals surface area contributed by atoms with E-state index in [1.807, 2.05) is 24.8 Å². The number of rotatable bonds is 2. The number of nitrogens with two attached hydrogens (primary N) is 2. The number of aryl methyl sites for hydroxylation is 2. The molecular weight excluding hydrogens is 270 g/mol. The van der Waals surface area contributed by atoms with Crippen LogP contribution in [0.4, 0.5) is 5.95 Å². The highest BCUT2D eigenvalue weighted by atomic mass is 16.2. The zero-order chi connectivity index (χ0) is 15.4. The van der Waals surface area contributed by atoms with Gasteiger partial charge in [0.25, 0.3) is 5.95 Å². The van der Waals surface area contributed by atoms with E-state index in [1.54, 1.807) is 0 Å². The molecule has 2 heterocycles. The molecule has 0 bridgehead atoms. The number of carbonyl (C=O) groups is 1. The lowest BCUT2D eigenvalue weighted by molar-refractivity contribution is -0.126. The van der Waals surface area contributed by atoms with E-state index in [0.717, 1.165) is 30.8 Å². The summed E-state index contributed by atoms with van der Waals surface area (Å²) in [6, 6.07) is 1.87. The van der Waals surface area contributed by atoms with Crippen LogP contribution < -0.4 is 17.0 Å². The van der Waals surface area contributed by atoms with Crippen molar-refractivity contribution in [1.82, 2.24) is 20.3 Å². The number of nitrogens with zero attached hydrogens (tertiary/aromatic N) is 4. The number of hydrazine groups is 1. The fourth-order valence-electron chi connectivity index (χ4n) is 2.45. The van der Waals surface area contributed by atoms with Crippen LogP contribution in [-0.2, 0) is 4.79 Å². The maximum absolute atomic E-state index is 11.6. The van der Waals surface area contributed by atoms with E-state index < -0.39 is 0 Å².